The lowest BCUT2D eigenvalue weighted by molar-refractivity contribution is 0.201. The molecule has 8 heteroatoms. The van der Waals surface area contributed by atoms with Crippen molar-refractivity contribution in [1.29, 1.82) is 0 Å². The molecule has 0 saturated carbocycles. The van der Waals surface area contributed by atoms with Gasteiger partial charge in [0, 0.05) is 38.0 Å². The van der Waals surface area contributed by atoms with Crippen LogP contribution in [-0.4, -0.2) is 39.6 Å². The largest absolute Gasteiger partial charge is 0.384 e. The summed E-state index contributed by atoms with van der Waals surface area (Å²) in [5, 5.41) is 4.00. The quantitative estimate of drug-likeness (QED) is 0.699. The number of rotatable bonds is 7. The minimum atomic E-state index is -0.265. The van der Waals surface area contributed by atoms with E-state index in [4.69, 9.17) is 4.74 Å². The number of halogens is 1. The van der Waals surface area contributed by atoms with Crippen LogP contribution in [0.25, 0.3) is 11.0 Å². The van der Waals surface area contributed by atoms with E-state index >= 15 is 0 Å². The highest BCUT2D eigenvalue weighted by Gasteiger charge is 2.06. The number of H-pyrrole nitrogens is 1. The summed E-state index contributed by atoms with van der Waals surface area (Å²) in [6, 6.07) is 4.53. The third-order valence-electron chi connectivity index (χ3n) is 3.13. The molecule has 3 rings (SSSR count). The molecule has 2 N–H and O–H groups in total. The summed E-state index contributed by atoms with van der Waals surface area (Å²) >= 11 is 1.33. The lowest BCUT2D eigenvalue weighted by atomic mass is 10.3. The molecule has 0 aliphatic rings. The van der Waals surface area contributed by atoms with Gasteiger partial charge in [0.15, 0.2) is 0 Å². The third-order valence-corrected chi connectivity index (χ3v) is 3.84. The highest BCUT2D eigenvalue weighted by Crippen LogP contribution is 2.14. The van der Waals surface area contributed by atoms with Crippen LogP contribution in [0.4, 0.5) is 9.52 Å². The second kappa shape index (κ2) is 6.80. The van der Waals surface area contributed by atoms with E-state index in [-0.39, 0.29) is 5.82 Å². The number of aromatic nitrogens is 4. The van der Waals surface area contributed by atoms with Crippen LogP contribution >= 0.6 is 11.5 Å². The highest BCUT2D eigenvalue weighted by atomic mass is 32.1. The molecule has 0 amide bonds. The van der Waals surface area contributed by atoms with Gasteiger partial charge in [-0.05, 0) is 18.2 Å². The zero-order chi connectivity index (χ0) is 15.4. The number of ether oxygens (including phenoxy) is 1. The lowest BCUT2D eigenvalue weighted by Gasteiger charge is -1.99. The summed E-state index contributed by atoms with van der Waals surface area (Å²) < 4.78 is 22.4. The highest BCUT2D eigenvalue weighted by molar-refractivity contribution is 7.09. The molecule has 3 aromatic rings. The Morgan fingerprint density at radius 1 is 1.32 bits per heavy atom. The molecule has 0 atom stereocenters. The van der Waals surface area contributed by atoms with Crippen LogP contribution in [-0.2, 0) is 17.6 Å². The molecule has 6 nitrogen and oxygen atoms in total. The van der Waals surface area contributed by atoms with E-state index in [1.54, 1.807) is 13.2 Å². The molecule has 1 aromatic carbocycles. The predicted octanol–water partition coefficient (Wildman–Crippen LogP) is 2.40. The standard InChI is InChI=1S/C14H16FN5OS/c1-21-7-5-13-19-14(22-20-13)16-6-4-12-17-10-3-2-9(15)8-11(10)18-12/h2-3,8H,4-7H2,1H3,(H,17,18)(H,16,19,20). The molecule has 0 fully saturated rings. The number of fused-ring (bicyclic) bond motifs is 1. The van der Waals surface area contributed by atoms with E-state index in [2.05, 4.69) is 24.6 Å². The van der Waals surface area contributed by atoms with Gasteiger partial charge in [0.25, 0.3) is 0 Å². The minimum absolute atomic E-state index is 0.265. The molecule has 0 unspecified atom stereocenters. The fraction of sp³-hybridized carbons (Fsp3) is 0.357. The first-order chi connectivity index (χ1) is 10.7. The molecule has 116 valence electrons. The van der Waals surface area contributed by atoms with Gasteiger partial charge in [-0.15, -0.1) is 0 Å². The molecule has 2 heterocycles. The van der Waals surface area contributed by atoms with Crippen molar-refractivity contribution in [2.24, 2.45) is 0 Å². The normalized spacial score (nSPS) is 11.2. The van der Waals surface area contributed by atoms with Crippen LogP contribution < -0.4 is 5.32 Å². The van der Waals surface area contributed by atoms with Crippen molar-refractivity contribution in [3.05, 3.63) is 35.7 Å². The number of nitrogens with one attached hydrogen (secondary N) is 2. The van der Waals surface area contributed by atoms with Gasteiger partial charge in [-0.1, -0.05) is 0 Å². The van der Waals surface area contributed by atoms with E-state index in [9.17, 15) is 4.39 Å². The Labute approximate surface area is 130 Å². The van der Waals surface area contributed by atoms with Crippen LogP contribution in [0.15, 0.2) is 18.2 Å². The Hall–Kier alpha value is -2.06. The smallest absolute Gasteiger partial charge is 0.202 e. The fourth-order valence-electron chi connectivity index (χ4n) is 2.06. The lowest BCUT2D eigenvalue weighted by Crippen LogP contribution is -2.06. The molecule has 0 saturated heterocycles. The first kappa shape index (κ1) is 14.9. The topological polar surface area (TPSA) is 75.7 Å². The first-order valence-electron chi connectivity index (χ1n) is 6.94. The van der Waals surface area contributed by atoms with Gasteiger partial charge in [0.05, 0.1) is 17.6 Å². The van der Waals surface area contributed by atoms with E-state index in [1.807, 2.05) is 0 Å². The Morgan fingerprint density at radius 2 is 2.23 bits per heavy atom. The summed E-state index contributed by atoms with van der Waals surface area (Å²) in [5.41, 5.74) is 1.49. The van der Waals surface area contributed by atoms with Crippen LogP contribution in [0.5, 0.6) is 0 Å². The first-order valence-corrected chi connectivity index (χ1v) is 7.71. The van der Waals surface area contributed by atoms with E-state index in [1.165, 1.54) is 23.7 Å². The number of nitrogens with zero attached hydrogens (tertiary/aromatic N) is 3. The number of imidazole rings is 1. The zero-order valence-electron chi connectivity index (χ0n) is 12.1. The van der Waals surface area contributed by atoms with Crippen molar-refractivity contribution in [3.8, 4) is 0 Å². The molecule has 0 aliphatic carbocycles. The Bertz CT molecular complexity index is 757. The predicted molar refractivity (Wildman–Crippen MR) is 83.7 cm³/mol. The van der Waals surface area contributed by atoms with Crippen molar-refractivity contribution in [2.45, 2.75) is 12.8 Å². The number of anilines is 1. The van der Waals surface area contributed by atoms with Gasteiger partial charge in [0.2, 0.25) is 5.13 Å². The van der Waals surface area contributed by atoms with E-state index in [0.29, 0.717) is 31.5 Å². The van der Waals surface area contributed by atoms with Gasteiger partial charge in [0.1, 0.15) is 17.5 Å². The number of methoxy groups -OCH3 is 1. The average Bonchev–Trinajstić information content (AvgIpc) is 3.11. The van der Waals surface area contributed by atoms with Gasteiger partial charge in [-0.2, -0.15) is 4.37 Å². The van der Waals surface area contributed by atoms with Crippen LogP contribution in [0.1, 0.15) is 11.6 Å². The number of benzene rings is 1. The second-order valence-electron chi connectivity index (χ2n) is 4.78. The van der Waals surface area contributed by atoms with Gasteiger partial charge in [-0.25, -0.2) is 14.4 Å². The number of aromatic amines is 1. The van der Waals surface area contributed by atoms with Crippen LogP contribution in [0.3, 0.4) is 0 Å². The number of hydrogen-bond acceptors (Lipinski definition) is 6. The second-order valence-corrected chi connectivity index (χ2v) is 5.53. The van der Waals surface area contributed by atoms with Gasteiger partial charge >= 0.3 is 0 Å². The molecule has 0 bridgehead atoms. The van der Waals surface area contributed by atoms with E-state index in [0.717, 1.165) is 22.3 Å². The SMILES string of the molecule is COCCc1nsc(NCCc2nc3ccc(F)cc3[nH]2)n1. The Morgan fingerprint density at radius 3 is 3.09 bits per heavy atom. The average molecular weight is 321 g/mol. The zero-order valence-corrected chi connectivity index (χ0v) is 12.9. The van der Waals surface area contributed by atoms with Crippen molar-refractivity contribution in [3.63, 3.8) is 0 Å². The van der Waals surface area contributed by atoms with Crippen LogP contribution in [0, 0.1) is 5.82 Å². The summed E-state index contributed by atoms with van der Waals surface area (Å²) in [6.45, 7) is 1.30. The fourth-order valence-corrected chi connectivity index (χ4v) is 2.70. The molecular weight excluding hydrogens is 305 g/mol. The van der Waals surface area contributed by atoms with Crippen molar-refractivity contribution >= 4 is 27.7 Å². The maximum absolute atomic E-state index is 13.1. The van der Waals surface area contributed by atoms with E-state index < -0.39 is 0 Å². The summed E-state index contributed by atoms with van der Waals surface area (Å²) in [7, 11) is 1.66. The monoisotopic (exact) mass is 321 g/mol. The molecule has 0 spiro atoms. The third kappa shape index (κ3) is 3.58. The summed E-state index contributed by atoms with van der Waals surface area (Å²) in [4.78, 5) is 11.9. The summed E-state index contributed by atoms with van der Waals surface area (Å²) in [5.74, 6) is 1.34. The summed E-state index contributed by atoms with van der Waals surface area (Å²) in [6.07, 6.45) is 1.41. The number of hydrogen-bond donors (Lipinski definition) is 2. The van der Waals surface area contributed by atoms with Crippen molar-refractivity contribution < 1.29 is 9.13 Å². The van der Waals surface area contributed by atoms with Crippen molar-refractivity contribution in [2.75, 3.05) is 25.6 Å². The van der Waals surface area contributed by atoms with Crippen LogP contribution in [0.2, 0.25) is 0 Å². The molecular formula is C14H16FN5OS. The van der Waals surface area contributed by atoms with Gasteiger partial charge in [-0.3, -0.25) is 0 Å². The Balaban J connectivity index is 1.54. The minimum Gasteiger partial charge on any atom is -0.384 e. The maximum atomic E-state index is 13.1. The van der Waals surface area contributed by atoms with Gasteiger partial charge < -0.3 is 15.0 Å². The molecule has 0 aliphatic heterocycles. The Kier molecular flexibility index (Phi) is 4.59. The molecule has 0 radical (unpaired) electrons. The molecule has 22 heavy (non-hydrogen) atoms. The van der Waals surface area contributed by atoms with Crippen molar-refractivity contribution in [1.82, 2.24) is 19.3 Å². The maximum Gasteiger partial charge on any atom is 0.202 e. The molecule has 2 aromatic heterocycles.